The number of hydrogen-bond acceptors (Lipinski definition) is 1. The average Bonchev–Trinajstić information content (AvgIpc) is 0.845. The molecule has 16 aliphatic carbocycles. The zero-order valence-corrected chi connectivity index (χ0v) is 86.5. The van der Waals surface area contributed by atoms with E-state index in [1.54, 1.807) is 25.7 Å². The van der Waals surface area contributed by atoms with Gasteiger partial charge in [-0.1, -0.05) is 192 Å². The second-order valence-corrected chi connectivity index (χ2v) is 48.5. The minimum atomic E-state index is -3.95. The third-order valence-electron chi connectivity index (χ3n) is 39.7. The van der Waals surface area contributed by atoms with Gasteiger partial charge in [-0.2, -0.15) is 13.2 Å². The summed E-state index contributed by atoms with van der Waals surface area (Å²) in [6, 6.07) is 0. The molecule has 16 saturated carbocycles. The highest BCUT2D eigenvalue weighted by Gasteiger charge is 2.44. The maximum atomic E-state index is 12.6. The van der Waals surface area contributed by atoms with Gasteiger partial charge in [-0.05, 0) is 539 Å². The van der Waals surface area contributed by atoms with E-state index in [1.165, 1.54) is 360 Å². The second kappa shape index (κ2) is 61.1. The highest BCUT2D eigenvalue weighted by atomic mass is 19.4. The molecule has 768 valence electrons. The molecule has 0 aromatic carbocycles. The predicted molar refractivity (Wildman–Crippen MR) is 588 cm³/mol. The number of ether oxygens (including phenoxy) is 1. The van der Waals surface area contributed by atoms with E-state index in [0.29, 0.717) is 24.9 Å². The van der Waals surface area contributed by atoms with Crippen LogP contribution in [0.2, 0.25) is 0 Å². The fourth-order valence-electron chi connectivity index (χ4n) is 30.0. The first-order chi connectivity index (χ1) is 62.1. The van der Waals surface area contributed by atoms with Crippen molar-refractivity contribution in [1.82, 2.24) is 0 Å². The van der Waals surface area contributed by atoms with Crippen LogP contribution in [0.25, 0.3) is 0 Å². The van der Waals surface area contributed by atoms with E-state index in [9.17, 15) is 13.2 Å². The zero-order valence-electron chi connectivity index (χ0n) is 86.5. The second-order valence-electron chi connectivity index (χ2n) is 48.5. The van der Waals surface area contributed by atoms with Gasteiger partial charge in [-0.3, -0.25) is 0 Å². The van der Waals surface area contributed by atoms with Gasteiger partial charge in [-0.15, -0.1) is 26.3 Å². The van der Waals surface area contributed by atoms with Crippen molar-refractivity contribution in [1.29, 1.82) is 0 Å². The van der Waals surface area contributed by atoms with Gasteiger partial charge in [0.15, 0.2) is 0 Å². The first-order valence-electron chi connectivity index (χ1n) is 57.7. The molecule has 0 aromatic heterocycles. The molecule has 0 bridgehead atoms. The molecule has 0 N–H and O–H groups in total. The summed E-state index contributed by atoms with van der Waals surface area (Å²) in [7, 11) is 1.87. The third-order valence-corrected chi connectivity index (χ3v) is 39.7. The van der Waals surface area contributed by atoms with Crippen LogP contribution in [0.1, 0.15) is 503 Å². The largest absolute Gasteiger partial charge is 0.391 e. The van der Waals surface area contributed by atoms with E-state index >= 15 is 0 Å². The van der Waals surface area contributed by atoms with Gasteiger partial charge in [-0.25, -0.2) is 0 Å². The summed E-state index contributed by atoms with van der Waals surface area (Å²) in [5.74, 6) is 27.9. The van der Waals surface area contributed by atoms with Gasteiger partial charge >= 0.3 is 6.18 Å². The molecule has 0 spiro atoms. The van der Waals surface area contributed by atoms with E-state index in [0.717, 1.165) is 184 Å². The minimum absolute atomic E-state index is 0. The Bertz CT molecular complexity index is 2900. The van der Waals surface area contributed by atoms with Gasteiger partial charge in [0.25, 0.3) is 0 Å². The molecule has 16 aliphatic rings. The molecular formula is C124H245F3O. The van der Waals surface area contributed by atoms with Crippen molar-refractivity contribution >= 4 is 0 Å². The monoisotopic (exact) mass is 1810 g/mol. The van der Waals surface area contributed by atoms with Crippen LogP contribution in [0, 0.1) is 183 Å². The Morgan fingerprint density at radius 2 is 0.320 bits per heavy atom. The van der Waals surface area contributed by atoms with Crippen molar-refractivity contribution in [2.75, 3.05) is 7.11 Å². The van der Waals surface area contributed by atoms with E-state index in [2.05, 4.69) is 168 Å². The Morgan fingerprint density at radius 3 is 0.445 bits per heavy atom. The lowest BCUT2D eigenvalue weighted by molar-refractivity contribution is -0.185. The van der Waals surface area contributed by atoms with Gasteiger partial charge < -0.3 is 4.74 Å². The maximum absolute atomic E-state index is 12.6. The summed E-state index contributed by atoms with van der Waals surface area (Å²) in [6.07, 6.45) is 114. The van der Waals surface area contributed by atoms with Crippen LogP contribution < -0.4 is 0 Å². The first kappa shape index (κ1) is 109. The molecule has 0 saturated heterocycles. The lowest BCUT2D eigenvalue weighted by Crippen LogP contribution is -2.31. The molecule has 0 unspecified atom stereocenters. The fraction of sp³-hybridized carbons (Fsp3) is 0.871. The molecule has 128 heavy (non-hydrogen) atoms. The molecule has 0 aromatic rings. The van der Waals surface area contributed by atoms with E-state index < -0.39 is 12.1 Å². The van der Waals surface area contributed by atoms with Crippen molar-refractivity contribution < 1.29 is 40.7 Å². The summed E-state index contributed by atoms with van der Waals surface area (Å²) in [5, 5.41) is 0. The van der Waals surface area contributed by atoms with Crippen LogP contribution in [0.4, 0.5) is 13.2 Å². The van der Waals surface area contributed by atoms with Crippen LogP contribution >= 0.6 is 0 Å². The standard InChI is InChI=1S/C18H30.C17H28.C16H28.C16H26.C15H26.C14H23F3.C14H26O.C14H26.16H2/c1-3-5-15-7-11-17(12-8-15)18-13-9-16(6-4-2)10-14-18;1-3-5-15-8-12-17(13-9-15)16-10-6-14(4-2)7-11-16;1-3-4-14-7-11-16(12-8-14)15-9-5-13(2)6-10-15;1-3-13-5-9-15(10-6-13)16-11-7-14(4-2)8-12-16;1-3-13-6-10-15(11-7-13)14-8-4-12(2)5-9-14;1-10-2-4-11(5-3-10)12-6-8-13(9-7-12)14(15,16)17;1-11-3-5-12(6-4-11)13-7-9-14(15-2)10-8-13;1-11-3-7-13(8-4-11)14-9-5-12(2)6-10-14;;;;;;;;;;;;;;;;/h3-6,15-18H,7-14H2,1-2H3;3-5,14-17H,2,6-13H2,1H3;3-4,13-16H,5-12H2,1-2H3;3-4,13-16H,1-2,5-12H2;3,12-15H,1,4-11H2,2H3;10-13H,2-9H2,1H3;11-14H,3-10H2,1-2H3;11-14H,3-10H2,1-2H3;16*1H/b5-3+,6-4+;5-3+;4-3+;;;;;;;;;;;;;;;;;;;;;. The molecule has 0 heterocycles. The van der Waals surface area contributed by atoms with Crippen LogP contribution in [0.5, 0.6) is 0 Å². The lowest BCUT2D eigenvalue weighted by atomic mass is 9.69. The van der Waals surface area contributed by atoms with Crippen molar-refractivity contribution in [2.45, 2.75) is 492 Å². The molecule has 4 heteroatoms. The number of hydrogen-bond donors (Lipinski definition) is 0. The van der Waals surface area contributed by atoms with E-state index in [-0.39, 0.29) is 22.8 Å². The average molecular weight is 1810 g/mol. The zero-order chi connectivity index (χ0) is 91.4. The van der Waals surface area contributed by atoms with Crippen molar-refractivity contribution in [3.63, 3.8) is 0 Å². The minimum Gasteiger partial charge on any atom is -0.381 e. The SMILES string of the molecule is C/C=C/C1CCC(C2CCC(/C=C/C)CC2)CC1.C/C=C/C1CCC(C2CCC(C)CC2)CC1.C=CC1CCC(C2CCC(/C=C/C)CC2)CC1.C=CC1CCC(C2CCC(C)CC2)CC1.C=CC1CCC(C2CCC(C=C)CC2)CC1.CC1CCC(C2CCC(C(F)(F)F)CC2)CC1.CC1CCC(C2CCC(C)CC2)CC1.COC1CCC(C2CCC(C)CC2)CC1.[HH].[HH].[HH].[HH].[HH].[HH].[HH].[HH].[HH].[HH].[HH].[HH].[HH].[HH].[HH].[HH]. The molecule has 1 nitrogen and oxygen atoms in total. The molecule has 0 radical (unpaired) electrons. The quantitative estimate of drug-likeness (QED) is 0.132. The van der Waals surface area contributed by atoms with Gasteiger partial charge in [0.1, 0.15) is 0 Å². The van der Waals surface area contributed by atoms with Crippen LogP contribution in [-0.4, -0.2) is 19.4 Å². The highest BCUT2D eigenvalue weighted by molar-refractivity contribution is 4.99. The lowest BCUT2D eigenvalue weighted by Gasteiger charge is -2.37. The predicted octanol–water partition coefficient (Wildman–Crippen LogP) is 43.9. The number of methoxy groups -OCH3 is 1. The molecule has 0 aliphatic heterocycles. The highest BCUT2D eigenvalue weighted by Crippen LogP contribution is 2.51. The molecule has 16 fully saturated rings. The number of halogens is 3. The van der Waals surface area contributed by atoms with Gasteiger partial charge in [0, 0.05) is 29.9 Å². The van der Waals surface area contributed by atoms with E-state index in [4.69, 9.17) is 4.74 Å². The summed E-state index contributed by atoms with van der Waals surface area (Å²) in [4.78, 5) is 0. The van der Waals surface area contributed by atoms with Crippen LogP contribution in [-0.2, 0) is 4.74 Å². The maximum Gasteiger partial charge on any atom is 0.391 e. The van der Waals surface area contributed by atoms with Crippen molar-refractivity contribution in [3.8, 4) is 0 Å². The Hall–Kier alpha value is -2.33. The molecular weight excluding hydrogens is 1560 g/mol. The Kier molecular flexibility index (Phi) is 52.2. The van der Waals surface area contributed by atoms with Crippen molar-refractivity contribution in [2.24, 2.45) is 183 Å². The Labute approximate surface area is 818 Å². The van der Waals surface area contributed by atoms with Gasteiger partial charge in [0.05, 0.1) is 12.0 Å². The Morgan fingerprint density at radius 1 is 0.195 bits per heavy atom. The molecule has 0 atom stereocenters. The molecule has 16 rings (SSSR count). The fourth-order valence-corrected chi connectivity index (χ4v) is 30.0. The third kappa shape index (κ3) is 39.3. The Balaban J connectivity index is -0.000000241. The first-order valence-corrected chi connectivity index (χ1v) is 57.7. The summed E-state index contributed by atoms with van der Waals surface area (Å²) >= 11 is 0. The van der Waals surface area contributed by atoms with Crippen LogP contribution in [0.3, 0.4) is 0 Å². The topological polar surface area (TPSA) is 9.23 Å². The smallest absolute Gasteiger partial charge is 0.381 e. The van der Waals surface area contributed by atoms with E-state index in [1.807, 2.05) is 7.11 Å². The van der Waals surface area contributed by atoms with Gasteiger partial charge in [0.2, 0.25) is 0 Å². The van der Waals surface area contributed by atoms with Crippen LogP contribution in [0.15, 0.2) is 99.2 Å². The molecule has 0 amide bonds. The summed E-state index contributed by atoms with van der Waals surface area (Å²) in [6.45, 7) is 38.8. The van der Waals surface area contributed by atoms with Crippen molar-refractivity contribution in [3.05, 3.63) is 99.2 Å². The summed E-state index contributed by atoms with van der Waals surface area (Å²) < 4.78 is 43.1. The number of allylic oxidation sites excluding steroid dienone is 12. The summed E-state index contributed by atoms with van der Waals surface area (Å²) in [5.41, 5.74) is 0. The number of alkyl halides is 3. The number of rotatable bonds is 17. The normalized spacial score (nSPS) is 41.1.